The molecule has 18 nitrogen and oxygen atoms in total. The number of rotatable bonds is 15. The summed E-state index contributed by atoms with van der Waals surface area (Å²) in [6.07, 6.45) is 11.2. The normalized spacial score (nSPS) is 12.2. The van der Waals surface area contributed by atoms with Crippen LogP contribution in [0.25, 0.3) is 21.8 Å². The SMILES string of the molecule is Cc1cnc(Nc2ncnc3ccc(Oc4ncc(OC(CO)C(O)COc5cnc(Oc6ccc7ncnc(Nc8cnccn8)c7c6)c(Cl)c5)cc4Cl)cc23)cn1. The van der Waals surface area contributed by atoms with Crippen molar-refractivity contribution >= 4 is 68.3 Å². The van der Waals surface area contributed by atoms with Gasteiger partial charge in [0.05, 0.1) is 54.3 Å². The standard InChI is InChI=1S/C39H30Cl2N12O6/c1-21-12-45-35(16-44-21)53-37-27-9-23(3-5-31(27)49-20-51-37)59-39-29(41)11-25(14-47-39)57-33(17-54)32(55)18-56-24-10-28(40)38(46-13-24)58-22-2-4-30-26(8-22)36(50-19-48-30)52-34-15-42-6-7-43-34/h2-16,19-20,32-33,54-55H,17-18H2,1H3,(H,43,48,50,52)(H,45,49,51,53). The van der Waals surface area contributed by atoms with Crippen LogP contribution in [0, 0.1) is 6.92 Å². The molecule has 4 N–H and O–H groups in total. The molecule has 0 saturated heterocycles. The summed E-state index contributed by atoms with van der Waals surface area (Å²) in [5.41, 5.74) is 2.12. The van der Waals surface area contributed by atoms with E-state index in [1.54, 1.807) is 67.4 Å². The number of aliphatic hydroxyl groups is 2. The first kappa shape index (κ1) is 38.7. The van der Waals surface area contributed by atoms with Gasteiger partial charge >= 0.3 is 0 Å². The fourth-order valence-corrected chi connectivity index (χ4v) is 5.88. The van der Waals surface area contributed by atoms with E-state index in [2.05, 4.69) is 60.5 Å². The van der Waals surface area contributed by atoms with Crippen molar-refractivity contribution in [3.63, 3.8) is 0 Å². The van der Waals surface area contributed by atoms with Crippen LogP contribution in [0.2, 0.25) is 10.0 Å². The molecule has 6 heterocycles. The minimum atomic E-state index is -1.29. The van der Waals surface area contributed by atoms with Crippen LogP contribution in [0.15, 0.2) is 105 Å². The van der Waals surface area contributed by atoms with E-state index in [9.17, 15) is 10.2 Å². The third-order valence-electron chi connectivity index (χ3n) is 8.36. The van der Waals surface area contributed by atoms with E-state index >= 15 is 0 Å². The van der Waals surface area contributed by atoms with E-state index in [0.29, 0.717) is 56.6 Å². The number of fused-ring (bicyclic) bond motifs is 2. The van der Waals surface area contributed by atoms with Gasteiger partial charge in [-0.2, -0.15) is 0 Å². The number of nitrogens with zero attached hydrogens (tertiary/aromatic N) is 10. The number of aryl methyl sites for hydroxylation is 1. The number of aromatic nitrogens is 10. The van der Waals surface area contributed by atoms with Crippen molar-refractivity contribution in [3.05, 3.63) is 120 Å². The van der Waals surface area contributed by atoms with Crippen molar-refractivity contribution in [2.45, 2.75) is 19.1 Å². The Hall–Kier alpha value is -7.12. The van der Waals surface area contributed by atoms with Crippen molar-refractivity contribution in [2.75, 3.05) is 23.8 Å². The Morgan fingerprint density at radius 2 is 1.24 bits per heavy atom. The molecule has 0 aliphatic heterocycles. The maximum absolute atomic E-state index is 10.9. The maximum Gasteiger partial charge on any atom is 0.238 e. The number of halogens is 2. The summed E-state index contributed by atoms with van der Waals surface area (Å²) in [6, 6.07) is 13.4. The molecule has 59 heavy (non-hydrogen) atoms. The second kappa shape index (κ2) is 17.6. The van der Waals surface area contributed by atoms with Gasteiger partial charge in [0.2, 0.25) is 11.8 Å². The van der Waals surface area contributed by atoms with E-state index in [1.807, 2.05) is 6.92 Å². The molecule has 296 valence electrons. The summed E-state index contributed by atoms with van der Waals surface area (Å²) in [7, 11) is 0. The zero-order chi connectivity index (χ0) is 40.7. The molecular formula is C39H30Cl2N12O6. The fourth-order valence-electron chi connectivity index (χ4n) is 5.49. The Balaban J connectivity index is 0.875. The largest absolute Gasteiger partial charge is 0.489 e. The maximum atomic E-state index is 10.9. The van der Waals surface area contributed by atoms with E-state index < -0.39 is 18.8 Å². The van der Waals surface area contributed by atoms with Crippen LogP contribution < -0.4 is 29.6 Å². The van der Waals surface area contributed by atoms with Gasteiger partial charge < -0.3 is 39.8 Å². The molecular weight excluding hydrogens is 803 g/mol. The summed E-state index contributed by atoms with van der Waals surface area (Å²) in [5, 5.41) is 28.8. The summed E-state index contributed by atoms with van der Waals surface area (Å²) in [4.78, 5) is 42.8. The lowest BCUT2D eigenvalue weighted by Gasteiger charge is -2.22. The first-order valence-electron chi connectivity index (χ1n) is 17.6. The lowest BCUT2D eigenvalue weighted by atomic mass is 10.2. The number of hydrogen-bond acceptors (Lipinski definition) is 18. The number of anilines is 4. The zero-order valence-electron chi connectivity index (χ0n) is 30.6. The van der Waals surface area contributed by atoms with Crippen LogP contribution in [0.5, 0.6) is 34.8 Å². The van der Waals surface area contributed by atoms with Gasteiger partial charge in [-0.25, -0.2) is 39.9 Å². The Bertz CT molecular complexity index is 2740. The highest BCUT2D eigenvalue weighted by Gasteiger charge is 2.23. The van der Waals surface area contributed by atoms with Crippen molar-refractivity contribution in [2.24, 2.45) is 0 Å². The molecule has 0 spiro atoms. The topological polar surface area (TPSA) is 230 Å². The number of pyridine rings is 2. The number of nitrogens with one attached hydrogen (secondary N) is 2. The highest BCUT2D eigenvalue weighted by Crippen LogP contribution is 2.35. The van der Waals surface area contributed by atoms with Crippen LogP contribution in [-0.4, -0.2) is 85.5 Å². The molecule has 0 amide bonds. The molecule has 2 unspecified atom stereocenters. The Morgan fingerprint density at radius 1 is 0.627 bits per heavy atom. The molecule has 0 fully saturated rings. The highest BCUT2D eigenvalue weighted by molar-refractivity contribution is 6.32. The fraction of sp³-hybridized carbons (Fsp3) is 0.128. The minimum Gasteiger partial charge on any atom is -0.489 e. The lowest BCUT2D eigenvalue weighted by molar-refractivity contribution is -0.0204. The van der Waals surface area contributed by atoms with Crippen molar-refractivity contribution < 1.29 is 29.2 Å². The van der Waals surface area contributed by atoms with E-state index in [4.69, 9.17) is 42.1 Å². The molecule has 2 aromatic carbocycles. The quantitative estimate of drug-likeness (QED) is 0.0831. The van der Waals surface area contributed by atoms with Gasteiger partial charge in [-0.3, -0.25) is 9.97 Å². The lowest BCUT2D eigenvalue weighted by Crippen LogP contribution is -2.39. The van der Waals surface area contributed by atoms with Gasteiger partial charge in [-0.05, 0) is 43.3 Å². The molecule has 0 saturated carbocycles. The third-order valence-corrected chi connectivity index (χ3v) is 8.90. The van der Waals surface area contributed by atoms with Crippen LogP contribution in [0.3, 0.4) is 0 Å². The number of hydrogen-bond donors (Lipinski definition) is 4. The van der Waals surface area contributed by atoms with Crippen molar-refractivity contribution in [1.82, 2.24) is 49.8 Å². The Morgan fingerprint density at radius 3 is 1.80 bits per heavy atom. The van der Waals surface area contributed by atoms with E-state index in [1.165, 1.54) is 37.2 Å². The molecule has 0 aliphatic carbocycles. The molecule has 8 rings (SSSR count). The smallest absolute Gasteiger partial charge is 0.238 e. The predicted molar refractivity (Wildman–Crippen MR) is 216 cm³/mol. The summed E-state index contributed by atoms with van der Waals surface area (Å²) >= 11 is 13.0. The zero-order valence-corrected chi connectivity index (χ0v) is 32.2. The highest BCUT2D eigenvalue weighted by atomic mass is 35.5. The molecule has 20 heteroatoms. The number of ether oxygens (including phenoxy) is 4. The van der Waals surface area contributed by atoms with Gasteiger partial charge in [0, 0.05) is 35.3 Å². The predicted octanol–water partition coefficient (Wildman–Crippen LogP) is 6.81. The molecule has 0 aliphatic rings. The van der Waals surface area contributed by atoms with Crippen LogP contribution in [-0.2, 0) is 0 Å². The second-order valence-corrected chi connectivity index (χ2v) is 13.3. The van der Waals surface area contributed by atoms with Crippen LogP contribution in [0.1, 0.15) is 5.69 Å². The summed E-state index contributed by atoms with van der Waals surface area (Å²) in [6.45, 7) is 1.01. The van der Waals surface area contributed by atoms with E-state index in [0.717, 1.165) is 5.69 Å². The molecule has 2 atom stereocenters. The first-order chi connectivity index (χ1) is 28.8. The third kappa shape index (κ3) is 9.37. The molecule has 6 aromatic heterocycles. The summed E-state index contributed by atoms with van der Waals surface area (Å²) < 4.78 is 23.5. The monoisotopic (exact) mass is 832 g/mol. The van der Waals surface area contributed by atoms with Crippen molar-refractivity contribution in [3.8, 4) is 34.8 Å². The Kier molecular flexibility index (Phi) is 11.5. The van der Waals surface area contributed by atoms with Gasteiger partial charge in [-0.1, -0.05) is 23.2 Å². The number of aliphatic hydroxyl groups excluding tert-OH is 2. The average molecular weight is 834 g/mol. The second-order valence-electron chi connectivity index (χ2n) is 12.5. The number of benzene rings is 2. The van der Waals surface area contributed by atoms with E-state index in [-0.39, 0.29) is 39.9 Å². The summed E-state index contributed by atoms with van der Waals surface area (Å²) in [5.74, 6) is 3.46. The molecule has 0 bridgehead atoms. The average Bonchev–Trinajstić information content (AvgIpc) is 3.25. The van der Waals surface area contributed by atoms with Gasteiger partial charge in [-0.15, -0.1) is 0 Å². The molecule has 8 aromatic rings. The minimum absolute atomic E-state index is 0.0881. The van der Waals surface area contributed by atoms with Crippen LogP contribution >= 0.6 is 23.2 Å². The van der Waals surface area contributed by atoms with Gasteiger partial charge in [0.25, 0.3) is 0 Å². The van der Waals surface area contributed by atoms with Crippen LogP contribution in [0.4, 0.5) is 23.3 Å². The first-order valence-corrected chi connectivity index (χ1v) is 18.4. The van der Waals surface area contributed by atoms with Crippen molar-refractivity contribution in [1.29, 1.82) is 0 Å². The van der Waals surface area contributed by atoms with Gasteiger partial charge in [0.1, 0.15) is 81.7 Å². The van der Waals surface area contributed by atoms with Gasteiger partial charge in [0.15, 0.2) is 6.10 Å². The Labute approximate surface area is 344 Å². The molecule has 0 radical (unpaired) electrons.